The number of hydrogen-bond acceptors (Lipinski definition) is 2. The van der Waals surface area contributed by atoms with Crippen LogP contribution in [-0.4, -0.2) is 30.3 Å². The molecule has 7 heteroatoms. The highest BCUT2D eigenvalue weighted by atomic mass is 19.4. The second-order valence-electron chi connectivity index (χ2n) is 5.62. The highest BCUT2D eigenvalue weighted by Gasteiger charge is 2.35. The molecule has 0 aliphatic carbocycles. The second-order valence-corrected chi connectivity index (χ2v) is 5.62. The highest BCUT2D eigenvalue weighted by molar-refractivity contribution is 6.00. The van der Waals surface area contributed by atoms with Crippen LogP contribution in [0.4, 0.5) is 18.9 Å². The Morgan fingerprint density at radius 3 is 2.24 bits per heavy atom. The fraction of sp³-hybridized carbons (Fsp3) is 0.222. The van der Waals surface area contributed by atoms with Crippen LogP contribution < -0.4 is 5.32 Å². The van der Waals surface area contributed by atoms with Gasteiger partial charge in [0.05, 0.1) is 17.7 Å². The molecule has 0 heterocycles. The Balaban J connectivity index is 2.08. The first-order valence-corrected chi connectivity index (χ1v) is 7.46. The topological polar surface area (TPSA) is 49.4 Å². The summed E-state index contributed by atoms with van der Waals surface area (Å²) in [5.41, 5.74) is 0.0626. The highest BCUT2D eigenvalue weighted by Crippen LogP contribution is 2.32. The van der Waals surface area contributed by atoms with Crippen molar-refractivity contribution in [3.05, 3.63) is 65.2 Å². The third kappa shape index (κ3) is 4.82. The van der Waals surface area contributed by atoms with Crippen LogP contribution in [0.3, 0.4) is 0 Å². The predicted octanol–water partition coefficient (Wildman–Crippen LogP) is 3.72. The third-order valence-electron chi connectivity index (χ3n) is 3.53. The van der Waals surface area contributed by atoms with Gasteiger partial charge >= 0.3 is 6.18 Å². The lowest BCUT2D eigenvalue weighted by Crippen LogP contribution is -2.35. The Kier molecular flexibility index (Phi) is 5.46. The Morgan fingerprint density at radius 2 is 1.64 bits per heavy atom. The molecule has 0 aliphatic rings. The van der Waals surface area contributed by atoms with Crippen LogP contribution in [0.1, 0.15) is 21.5 Å². The van der Waals surface area contributed by atoms with Crippen LogP contribution in [0.25, 0.3) is 0 Å². The van der Waals surface area contributed by atoms with E-state index >= 15 is 0 Å². The molecule has 0 atom stereocenters. The summed E-state index contributed by atoms with van der Waals surface area (Å²) < 4.78 is 39.0. The molecule has 2 aromatic rings. The number of likely N-dealkylation sites (N-methyl/N-ethyl adjacent to an activating group) is 1. The average Bonchev–Trinajstić information content (AvgIpc) is 2.55. The Bertz CT molecular complexity index is 771. The lowest BCUT2D eigenvalue weighted by Gasteiger charge is -2.19. The summed E-state index contributed by atoms with van der Waals surface area (Å²) >= 11 is 0. The summed E-state index contributed by atoms with van der Waals surface area (Å²) in [6.45, 7) is 1.54. The molecular formula is C18H17F3N2O2. The van der Waals surface area contributed by atoms with Gasteiger partial charge in [0.1, 0.15) is 0 Å². The van der Waals surface area contributed by atoms with E-state index in [1.54, 1.807) is 12.1 Å². The van der Waals surface area contributed by atoms with Crippen molar-refractivity contribution in [1.82, 2.24) is 4.90 Å². The number of hydrogen-bond donors (Lipinski definition) is 1. The first kappa shape index (κ1) is 18.5. The maximum Gasteiger partial charge on any atom is 0.417 e. The van der Waals surface area contributed by atoms with Crippen molar-refractivity contribution >= 4 is 17.5 Å². The molecule has 1 N–H and O–H groups in total. The molecule has 0 spiro atoms. The minimum atomic E-state index is -4.64. The zero-order valence-electron chi connectivity index (χ0n) is 13.7. The summed E-state index contributed by atoms with van der Waals surface area (Å²) in [6.07, 6.45) is -4.64. The number of rotatable bonds is 4. The monoisotopic (exact) mass is 350 g/mol. The van der Waals surface area contributed by atoms with Gasteiger partial charge in [-0.1, -0.05) is 29.8 Å². The van der Waals surface area contributed by atoms with Gasteiger partial charge in [0.2, 0.25) is 5.91 Å². The fourth-order valence-electron chi connectivity index (χ4n) is 2.25. The molecule has 0 aliphatic heterocycles. The SMILES string of the molecule is Cc1ccc(NC(=O)CN(C)C(=O)c2ccccc2C(F)(F)F)cc1. The van der Waals surface area contributed by atoms with Gasteiger partial charge in [0.25, 0.3) is 5.91 Å². The minimum Gasteiger partial charge on any atom is -0.332 e. The van der Waals surface area contributed by atoms with Gasteiger partial charge in [-0.15, -0.1) is 0 Å². The normalized spacial score (nSPS) is 11.1. The maximum absolute atomic E-state index is 13.0. The zero-order chi connectivity index (χ0) is 18.6. The number of anilines is 1. The van der Waals surface area contributed by atoms with Crippen LogP contribution in [0, 0.1) is 6.92 Å². The number of carbonyl (C=O) groups is 2. The largest absolute Gasteiger partial charge is 0.417 e. The first-order chi connectivity index (χ1) is 11.7. The molecule has 0 radical (unpaired) electrons. The van der Waals surface area contributed by atoms with Crippen molar-refractivity contribution in [3.63, 3.8) is 0 Å². The molecule has 0 aromatic heterocycles. The number of benzene rings is 2. The molecule has 2 rings (SSSR count). The summed E-state index contributed by atoms with van der Waals surface area (Å²) in [5.74, 6) is -1.36. The summed E-state index contributed by atoms with van der Waals surface area (Å²) in [6, 6.07) is 11.5. The van der Waals surface area contributed by atoms with Crippen molar-refractivity contribution in [2.75, 3.05) is 18.9 Å². The second kappa shape index (κ2) is 7.38. The molecular weight excluding hydrogens is 333 g/mol. The molecule has 4 nitrogen and oxygen atoms in total. The van der Waals surface area contributed by atoms with E-state index in [1.807, 2.05) is 19.1 Å². The minimum absolute atomic E-state index is 0.362. The number of alkyl halides is 3. The van der Waals surface area contributed by atoms with E-state index < -0.39 is 29.1 Å². The van der Waals surface area contributed by atoms with E-state index in [2.05, 4.69) is 5.32 Å². The van der Waals surface area contributed by atoms with Gasteiger partial charge in [-0.25, -0.2) is 0 Å². The lowest BCUT2D eigenvalue weighted by molar-refractivity contribution is -0.138. The summed E-state index contributed by atoms with van der Waals surface area (Å²) in [4.78, 5) is 25.2. The van der Waals surface area contributed by atoms with Gasteiger partial charge in [-0.2, -0.15) is 13.2 Å². The average molecular weight is 350 g/mol. The first-order valence-electron chi connectivity index (χ1n) is 7.46. The Labute approximate surface area is 143 Å². The summed E-state index contributed by atoms with van der Waals surface area (Å²) in [5, 5.41) is 2.60. The Morgan fingerprint density at radius 1 is 1.04 bits per heavy atom. The smallest absolute Gasteiger partial charge is 0.332 e. The molecule has 132 valence electrons. The van der Waals surface area contributed by atoms with Gasteiger partial charge in [0, 0.05) is 12.7 Å². The van der Waals surface area contributed by atoms with E-state index in [0.717, 1.165) is 22.6 Å². The van der Waals surface area contributed by atoms with Gasteiger partial charge < -0.3 is 10.2 Å². The molecule has 2 aromatic carbocycles. The van der Waals surface area contributed by atoms with E-state index in [4.69, 9.17) is 0 Å². The lowest BCUT2D eigenvalue weighted by atomic mass is 10.1. The van der Waals surface area contributed by atoms with Crippen LogP contribution in [-0.2, 0) is 11.0 Å². The predicted molar refractivity (Wildman–Crippen MR) is 88.2 cm³/mol. The molecule has 0 unspecified atom stereocenters. The Hall–Kier alpha value is -2.83. The number of nitrogens with one attached hydrogen (secondary N) is 1. The van der Waals surface area contributed by atoms with Gasteiger partial charge in [-0.3, -0.25) is 9.59 Å². The number of nitrogens with zero attached hydrogens (tertiary/aromatic N) is 1. The van der Waals surface area contributed by atoms with E-state index in [9.17, 15) is 22.8 Å². The molecule has 0 saturated heterocycles. The molecule has 0 bridgehead atoms. The number of carbonyl (C=O) groups excluding carboxylic acids is 2. The van der Waals surface area contributed by atoms with E-state index in [-0.39, 0.29) is 6.54 Å². The van der Waals surface area contributed by atoms with Crippen LogP contribution >= 0.6 is 0 Å². The standard InChI is InChI=1S/C18H17F3N2O2/c1-12-7-9-13(10-8-12)22-16(24)11-23(2)17(25)14-5-3-4-6-15(14)18(19,20)21/h3-10H,11H2,1-2H3,(H,22,24). The van der Waals surface area contributed by atoms with Crippen molar-refractivity contribution in [2.24, 2.45) is 0 Å². The van der Waals surface area contributed by atoms with E-state index in [1.165, 1.54) is 19.2 Å². The van der Waals surface area contributed by atoms with E-state index in [0.29, 0.717) is 5.69 Å². The number of amides is 2. The molecule has 0 saturated carbocycles. The third-order valence-corrected chi connectivity index (χ3v) is 3.53. The van der Waals surface area contributed by atoms with Gasteiger partial charge in [-0.05, 0) is 31.2 Å². The molecule has 25 heavy (non-hydrogen) atoms. The van der Waals surface area contributed by atoms with Crippen molar-refractivity contribution < 1.29 is 22.8 Å². The van der Waals surface area contributed by atoms with Crippen LogP contribution in [0.5, 0.6) is 0 Å². The summed E-state index contributed by atoms with van der Waals surface area (Å²) in [7, 11) is 1.28. The van der Waals surface area contributed by atoms with Gasteiger partial charge in [0.15, 0.2) is 0 Å². The van der Waals surface area contributed by atoms with Crippen molar-refractivity contribution in [3.8, 4) is 0 Å². The molecule has 2 amide bonds. The molecule has 0 fully saturated rings. The van der Waals surface area contributed by atoms with Crippen LogP contribution in [0.15, 0.2) is 48.5 Å². The fourth-order valence-corrected chi connectivity index (χ4v) is 2.25. The zero-order valence-corrected chi connectivity index (χ0v) is 13.7. The van der Waals surface area contributed by atoms with Crippen molar-refractivity contribution in [1.29, 1.82) is 0 Å². The maximum atomic E-state index is 13.0. The van der Waals surface area contributed by atoms with Crippen molar-refractivity contribution in [2.45, 2.75) is 13.1 Å². The van der Waals surface area contributed by atoms with Crippen LogP contribution in [0.2, 0.25) is 0 Å². The number of aryl methyl sites for hydroxylation is 1. The number of halogens is 3. The quantitative estimate of drug-likeness (QED) is 0.914.